The number of hydrogen-bond acceptors (Lipinski definition) is 1. The van der Waals surface area contributed by atoms with Crippen LogP contribution < -0.4 is 0 Å². The molecule has 0 saturated carbocycles. The lowest BCUT2D eigenvalue weighted by Crippen LogP contribution is -2.74. The van der Waals surface area contributed by atoms with Gasteiger partial charge in [-0.15, -0.1) is 0 Å². The summed E-state index contributed by atoms with van der Waals surface area (Å²) in [6, 6.07) is 0. The topological polar surface area (TPSA) is 20.2 Å². The second kappa shape index (κ2) is 6.90. The molecule has 176 valence electrons. The van der Waals surface area contributed by atoms with E-state index in [4.69, 9.17) is 5.11 Å². The fourth-order valence-electron chi connectivity index (χ4n) is 1.60. The summed E-state index contributed by atoms with van der Waals surface area (Å²) in [6.45, 7) is -2.39. The van der Waals surface area contributed by atoms with Gasteiger partial charge in [0, 0.05) is 5.92 Å². The third-order valence-corrected chi connectivity index (χ3v) is 3.64. The molecule has 0 heterocycles. The summed E-state index contributed by atoms with van der Waals surface area (Å²) in [7, 11) is 0. The summed E-state index contributed by atoms with van der Waals surface area (Å²) in [4.78, 5) is 0. The van der Waals surface area contributed by atoms with Gasteiger partial charge in [-0.1, -0.05) is 6.92 Å². The van der Waals surface area contributed by atoms with Crippen molar-refractivity contribution in [2.75, 3.05) is 6.61 Å². The van der Waals surface area contributed by atoms with Crippen molar-refractivity contribution in [2.45, 2.75) is 54.6 Å². The van der Waals surface area contributed by atoms with Crippen LogP contribution in [0.2, 0.25) is 0 Å². The smallest absolute Gasteiger partial charge is 0.396 e. The van der Waals surface area contributed by atoms with Gasteiger partial charge in [0.25, 0.3) is 0 Å². The maximum atomic E-state index is 13.3. The molecule has 0 saturated heterocycles. The number of halogens is 17. The lowest BCUT2D eigenvalue weighted by atomic mass is 9.86. The fraction of sp³-hybridized carbons (Fsp3) is 1.00. The van der Waals surface area contributed by atoms with Gasteiger partial charge in [0.2, 0.25) is 0 Å². The summed E-state index contributed by atoms with van der Waals surface area (Å²) >= 11 is 0. The predicted molar refractivity (Wildman–Crippen MR) is 56.9 cm³/mol. The molecule has 0 aromatic heterocycles. The molecule has 0 aromatic rings. The number of hydrogen-bond donors (Lipinski definition) is 1. The van der Waals surface area contributed by atoms with Gasteiger partial charge in [-0.25, -0.2) is 0 Å². The Hall–Kier alpha value is -1.23. The van der Waals surface area contributed by atoms with E-state index in [1.165, 1.54) is 0 Å². The highest BCUT2D eigenvalue weighted by Crippen LogP contribution is 2.64. The second-order valence-electron chi connectivity index (χ2n) is 5.65. The molecule has 0 radical (unpaired) electrons. The van der Waals surface area contributed by atoms with Crippen LogP contribution in [0.25, 0.3) is 0 Å². The van der Waals surface area contributed by atoms with Crippen LogP contribution in [-0.4, -0.2) is 59.3 Å². The first-order valence-electron chi connectivity index (χ1n) is 6.55. The number of aliphatic hydroxyl groups is 1. The lowest BCUT2D eigenvalue weighted by Gasteiger charge is -2.43. The Kier molecular flexibility index (Phi) is 6.60. The van der Waals surface area contributed by atoms with Crippen LogP contribution in [0.15, 0.2) is 0 Å². The molecule has 0 bridgehead atoms. The number of alkyl halides is 17. The SMILES string of the molecule is C[C@H](CO)C(F)(F)C(F)(F)C(F)(F)C(F)(F)C(F)(F)C(F)(F)C(F)(F)C(F)(F)F. The van der Waals surface area contributed by atoms with Gasteiger partial charge in [-0.05, 0) is 0 Å². The summed E-state index contributed by atoms with van der Waals surface area (Å²) in [5.74, 6) is -59.9. The van der Waals surface area contributed by atoms with Crippen LogP contribution in [0, 0.1) is 5.92 Å². The molecule has 1 nitrogen and oxygen atoms in total. The molecule has 0 amide bonds. The van der Waals surface area contributed by atoms with Gasteiger partial charge in [-0.2, -0.15) is 74.6 Å². The summed E-state index contributed by atoms with van der Waals surface area (Å²) in [6.07, 6.45) is -7.77. The Labute approximate surface area is 148 Å². The first-order chi connectivity index (χ1) is 12.2. The first-order valence-corrected chi connectivity index (χ1v) is 6.55. The van der Waals surface area contributed by atoms with Crippen LogP contribution in [0.3, 0.4) is 0 Å². The molecule has 29 heavy (non-hydrogen) atoms. The van der Waals surface area contributed by atoms with Crippen molar-refractivity contribution < 1.29 is 79.7 Å². The Morgan fingerprint density at radius 3 is 0.966 bits per heavy atom. The molecule has 18 heteroatoms. The average molecular weight is 478 g/mol. The molecule has 1 atom stereocenters. The second-order valence-corrected chi connectivity index (χ2v) is 5.65. The van der Waals surface area contributed by atoms with Crippen LogP contribution in [0.1, 0.15) is 6.92 Å². The summed E-state index contributed by atoms with van der Waals surface area (Å²) in [5.41, 5.74) is 0. The van der Waals surface area contributed by atoms with Crippen molar-refractivity contribution in [3.8, 4) is 0 Å². The highest BCUT2D eigenvalue weighted by Gasteiger charge is 2.95. The van der Waals surface area contributed by atoms with Crippen molar-refractivity contribution >= 4 is 0 Å². The zero-order valence-electron chi connectivity index (χ0n) is 13.2. The fourth-order valence-corrected chi connectivity index (χ4v) is 1.60. The standard InChI is InChI=1S/C11H7F17O/c1-3(2-29)4(12,13)5(14,15)6(16,17)7(18,19)8(20,21)9(22,23)10(24,25)11(26,27)28/h3,29H,2H2,1H3/t3-/m1/s1. The van der Waals surface area contributed by atoms with E-state index in [-0.39, 0.29) is 6.92 Å². The van der Waals surface area contributed by atoms with Crippen molar-refractivity contribution in [1.29, 1.82) is 0 Å². The third-order valence-electron chi connectivity index (χ3n) is 3.64. The molecule has 0 aliphatic rings. The molecule has 0 aliphatic carbocycles. The molecular weight excluding hydrogens is 471 g/mol. The van der Waals surface area contributed by atoms with Gasteiger partial charge in [0.1, 0.15) is 0 Å². The predicted octanol–water partition coefficient (Wildman–Crippen LogP) is 5.62. The van der Waals surface area contributed by atoms with E-state index in [0.29, 0.717) is 0 Å². The van der Waals surface area contributed by atoms with Gasteiger partial charge < -0.3 is 5.11 Å². The van der Waals surface area contributed by atoms with E-state index in [1.807, 2.05) is 0 Å². The average Bonchev–Trinajstić information content (AvgIpc) is 2.51. The van der Waals surface area contributed by atoms with Crippen molar-refractivity contribution in [2.24, 2.45) is 5.92 Å². The summed E-state index contributed by atoms with van der Waals surface area (Å²) in [5, 5.41) is 8.25. The zero-order valence-corrected chi connectivity index (χ0v) is 13.2. The molecule has 0 aromatic carbocycles. The van der Waals surface area contributed by atoms with Crippen LogP contribution in [-0.2, 0) is 0 Å². The molecule has 0 rings (SSSR count). The van der Waals surface area contributed by atoms with E-state index < -0.39 is 60.2 Å². The molecular formula is C11H7F17O. The highest BCUT2D eigenvalue weighted by molar-refractivity contribution is 5.15. The summed E-state index contributed by atoms with van der Waals surface area (Å²) < 4.78 is 219. The highest BCUT2D eigenvalue weighted by atomic mass is 19.4. The van der Waals surface area contributed by atoms with E-state index in [2.05, 4.69) is 0 Å². The van der Waals surface area contributed by atoms with Gasteiger partial charge >= 0.3 is 47.6 Å². The monoisotopic (exact) mass is 478 g/mol. The number of rotatable bonds is 8. The number of aliphatic hydroxyl groups excluding tert-OH is 1. The first kappa shape index (κ1) is 27.8. The molecule has 0 aliphatic heterocycles. The van der Waals surface area contributed by atoms with E-state index in [0.717, 1.165) is 0 Å². The lowest BCUT2D eigenvalue weighted by molar-refractivity contribution is -0.463. The quantitative estimate of drug-likeness (QED) is 0.449. The largest absolute Gasteiger partial charge is 0.460 e. The van der Waals surface area contributed by atoms with E-state index in [9.17, 15) is 74.6 Å². The Morgan fingerprint density at radius 2 is 0.724 bits per heavy atom. The van der Waals surface area contributed by atoms with Crippen molar-refractivity contribution in [3.63, 3.8) is 0 Å². The van der Waals surface area contributed by atoms with Crippen LogP contribution >= 0.6 is 0 Å². The maximum Gasteiger partial charge on any atom is 0.460 e. The zero-order chi connectivity index (χ0) is 24.3. The third kappa shape index (κ3) is 3.37. The molecule has 1 N–H and O–H groups in total. The molecule has 0 spiro atoms. The maximum absolute atomic E-state index is 13.3. The van der Waals surface area contributed by atoms with E-state index >= 15 is 0 Å². The van der Waals surface area contributed by atoms with Gasteiger partial charge in [0.05, 0.1) is 6.61 Å². The Morgan fingerprint density at radius 1 is 0.483 bits per heavy atom. The van der Waals surface area contributed by atoms with Crippen molar-refractivity contribution in [1.82, 2.24) is 0 Å². The minimum atomic E-state index is -8.63. The van der Waals surface area contributed by atoms with E-state index in [1.54, 1.807) is 0 Å². The Balaban J connectivity index is 6.73. The minimum Gasteiger partial charge on any atom is -0.396 e. The molecule has 0 fully saturated rings. The van der Waals surface area contributed by atoms with Gasteiger partial charge in [0.15, 0.2) is 0 Å². The van der Waals surface area contributed by atoms with Crippen LogP contribution in [0.4, 0.5) is 74.6 Å². The minimum absolute atomic E-state index is 0.216. The normalized spacial score (nSPS) is 17.5. The van der Waals surface area contributed by atoms with Crippen molar-refractivity contribution in [3.05, 3.63) is 0 Å². The van der Waals surface area contributed by atoms with Gasteiger partial charge in [-0.3, -0.25) is 0 Å². The Bertz CT molecular complexity index is 589. The molecule has 0 unspecified atom stereocenters. The van der Waals surface area contributed by atoms with Crippen LogP contribution in [0.5, 0.6) is 0 Å².